The second-order valence-corrected chi connectivity index (χ2v) is 27.9. The lowest BCUT2D eigenvalue weighted by molar-refractivity contribution is -0.126. The number of aromatic nitrogens is 15. The van der Waals surface area contributed by atoms with Crippen LogP contribution in [0.15, 0.2) is 148 Å². The molecule has 12 aromatic heterocycles. The number of hydrogen-bond donors (Lipinski definition) is 0. The Bertz CT molecular complexity index is 5590. The molecule has 0 N–H and O–H groups in total. The number of hydrogen-bond acceptors (Lipinski definition) is 18. The van der Waals surface area contributed by atoms with E-state index < -0.39 is 12.1 Å². The topological polar surface area (TPSA) is 286 Å². The summed E-state index contributed by atoms with van der Waals surface area (Å²) >= 11 is 0. The molecule has 0 aromatic carbocycles. The predicted molar refractivity (Wildman–Crippen MR) is 404 cm³/mol. The first kappa shape index (κ1) is 72.8. The highest BCUT2D eigenvalue weighted by Crippen LogP contribution is 2.37. The minimum Gasteiger partial charge on any atom is -0.353 e. The molecule has 27 nitrogen and oxygen atoms in total. The monoisotopic (exact) mass is 1470 g/mol. The number of anilines is 3. The molecule has 4 fully saturated rings. The number of carbonyl (C=O) groups excluding carboxylic acids is 3. The van der Waals surface area contributed by atoms with E-state index in [4.69, 9.17) is 9.97 Å². The number of amides is 3. The van der Waals surface area contributed by atoms with Gasteiger partial charge >= 0.3 is 6.18 Å². The Morgan fingerprint density at radius 1 is 0.391 bits per heavy atom. The third-order valence-corrected chi connectivity index (χ3v) is 19.0. The van der Waals surface area contributed by atoms with Crippen molar-refractivity contribution in [2.45, 2.75) is 39.8 Å². The van der Waals surface area contributed by atoms with Gasteiger partial charge in [0, 0.05) is 245 Å². The van der Waals surface area contributed by atoms with Crippen molar-refractivity contribution in [2.24, 2.45) is 32.5 Å². The van der Waals surface area contributed by atoms with Gasteiger partial charge in [-0.15, -0.1) is 0 Å². The molecule has 3 aliphatic heterocycles. The summed E-state index contributed by atoms with van der Waals surface area (Å²) in [4.78, 5) is 62.0. The highest BCUT2D eigenvalue weighted by atomic mass is 19.4. The van der Waals surface area contributed by atoms with E-state index in [1.165, 1.54) is 11.1 Å². The van der Waals surface area contributed by atoms with E-state index in [1.54, 1.807) is 69.4 Å². The van der Waals surface area contributed by atoms with Gasteiger partial charge in [-0.2, -0.15) is 59.5 Å². The van der Waals surface area contributed by atoms with Crippen LogP contribution in [0.2, 0.25) is 0 Å². The maximum absolute atomic E-state index is 12.4. The lowest BCUT2D eigenvalue weighted by Crippen LogP contribution is -2.48. The number of carbonyl (C=O) groups is 3. The molecular weight excluding hydrogens is 1400 g/mol. The number of rotatable bonds is 9. The van der Waals surface area contributed by atoms with Crippen molar-refractivity contribution in [1.29, 1.82) is 15.8 Å². The first-order valence-corrected chi connectivity index (χ1v) is 35.4. The maximum atomic E-state index is 12.4. The molecule has 1 aliphatic carbocycles. The molecule has 15 heterocycles. The van der Waals surface area contributed by atoms with Gasteiger partial charge in [-0.05, 0) is 100 Å². The number of fused-ring (bicyclic) bond motifs is 3. The Kier molecular flexibility index (Phi) is 20.4. The fourth-order valence-electron chi connectivity index (χ4n) is 13.1. The van der Waals surface area contributed by atoms with Crippen LogP contribution in [-0.2, 0) is 35.5 Å². The van der Waals surface area contributed by atoms with Crippen molar-refractivity contribution in [3.05, 3.63) is 164 Å². The number of pyridine rings is 6. The predicted octanol–water partition coefficient (Wildman–Crippen LogP) is 8.98. The van der Waals surface area contributed by atoms with Crippen LogP contribution in [-0.4, -0.2) is 190 Å². The van der Waals surface area contributed by atoms with Gasteiger partial charge in [-0.25, -0.2) is 28.5 Å². The molecule has 0 bridgehead atoms. The summed E-state index contributed by atoms with van der Waals surface area (Å²) < 4.78 is 47.1. The van der Waals surface area contributed by atoms with Gasteiger partial charge in [0.1, 0.15) is 35.7 Å². The number of alkyl halides is 3. The molecule has 0 radical (unpaired) electrons. The number of piperazine rings is 3. The van der Waals surface area contributed by atoms with Crippen LogP contribution >= 0.6 is 0 Å². The summed E-state index contributed by atoms with van der Waals surface area (Å²) in [5.74, 6) is 16.1. The summed E-state index contributed by atoms with van der Waals surface area (Å²) in [6.45, 7) is 12.6. The Morgan fingerprint density at radius 2 is 0.709 bits per heavy atom. The number of nitrogens with zero attached hydrogens (tertiary/aromatic N) is 24. The first-order valence-electron chi connectivity index (χ1n) is 35.4. The standard InChI is InChI=1S/C28H28N8O.C27H24N8O.C25H19F3N8O/c1-28(2,3)8-7-26(37)35-11-9-34(10-12-35)25-6-5-20(15-30-25)24-13-21(23-17-31-33(4)18-23)19-36-27(24)22(14-29)16-32-36;1-32-17-23(16-30-32)21-12-24(27-22(13-28)15-31-35(27)18-21)20-5-6-25(29-14-20)33-8-10-34(11-9-33)26(36)7-4-19-2-3-19;1-33-15-20(14-31-33)18-10-21(24-19(11-29)13-32-36(24)16-18)17-2-3-22(30-12-17)34-6-8-35(9-7-34)23(37)4-5-25(26,27)28/h5-6,13,15-19H,9-12H2,1-4H3;5-6,12,14-19H,2-3,8-11H2,1H3;2-3,10,12-16H,6-9H2,1H3. The number of nitriles is 3. The van der Waals surface area contributed by atoms with Gasteiger partial charge in [0.2, 0.25) is 0 Å². The quantitative estimate of drug-likeness (QED) is 0.122. The molecule has 16 rings (SSSR count). The molecule has 0 atom stereocenters. The van der Waals surface area contributed by atoms with Crippen LogP contribution < -0.4 is 14.7 Å². The van der Waals surface area contributed by atoms with Crippen molar-refractivity contribution in [3.8, 4) is 120 Å². The van der Waals surface area contributed by atoms with Crippen LogP contribution in [0.4, 0.5) is 30.6 Å². The SMILES string of the molecule is Cn1cc(-c2cc(-c3ccc(N4CCN(C(=O)C#CC(C)(C)C)CC4)nc3)c3c(C#N)cnn3c2)cn1.Cn1cc(-c2cc(-c3ccc(N4CCN(C(=O)C#CC(F)(F)F)CC4)nc3)c3c(C#N)cnn3c2)cn1.Cn1cc(-c2cc(-c3ccc(N4CCN(C(=O)C#CC5CC5)CC4)nc3)c3c(C#N)cnn3c2)cn1. The van der Waals surface area contributed by atoms with E-state index in [1.807, 2.05) is 150 Å². The minimum atomic E-state index is -4.70. The zero-order valence-corrected chi connectivity index (χ0v) is 60.9. The van der Waals surface area contributed by atoms with E-state index in [-0.39, 0.29) is 30.3 Å². The molecule has 4 aliphatic rings. The first-order chi connectivity index (χ1) is 53.0. The smallest absolute Gasteiger partial charge is 0.353 e. The maximum Gasteiger partial charge on any atom is 0.458 e. The molecule has 0 spiro atoms. The lowest BCUT2D eigenvalue weighted by Gasteiger charge is -2.34. The van der Waals surface area contributed by atoms with E-state index in [9.17, 15) is 43.3 Å². The zero-order valence-electron chi connectivity index (χ0n) is 60.9. The molecule has 12 aromatic rings. The summed E-state index contributed by atoms with van der Waals surface area (Å²) in [5.41, 5.74) is 14.1. The van der Waals surface area contributed by atoms with E-state index in [0.29, 0.717) is 99.4 Å². The lowest BCUT2D eigenvalue weighted by atomic mass is 9.98. The van der Waals surface area contributed by atoms with Gasteiger partial charge in [-0.1, -0.05) is 11.8 Å². The summed E-state index contributed by atoms with van der Waals surface area (Å²) in [6, 6.07) is 24.5. The van der Waals surface area contributed by atoms with E-state index in [0.717, 1.165) is 108 Å². The molecule has 3 saturated heterocycles. The van der Waals surface area contributed by atoms with Crippen molar-refractivity contribution < 1.29 is 27.6 Å². The third-order valence-electron chi connectivity index (χ3n) is 19.0. The van der Waals surface area contributed by atoms with Gasteiger partial charge < -0.3 is 29.4 Å². The summed E-state index contributed by atoms with van der Waals surface area (Å²) in [6.07, 6.45) is 24.4. The highest BCUT2D eigenvalue weighted by molar-refractivity contribution is 5.96. The van der Waals surface area contributed by atoms with Gasteiger partial charge in [0.05, 0.1) is 70.4 Å². The van der Waals surface area contributed by atoms with Crippen LogP contribution in [0.1, 0.15) is 50.3 Å². The van der Waals surface area contributed by atoms with E-state index in [2.05, 4.69) is 99.4 Å². The van der Waals surface area contributed by atoms with Crippen molar-refractivity contribution in [2.75, 3.05) is 93.2 Å². The van der Waals surface area contributed by atoms with Crippen LogP contribution in [0.5, 0.6) is 0 Å². The van der Waals surface area contributed by atoms with Crippen LogP contribution in [0.25, 0.3) is 83.3 Å². The minimum absolute atomic E-state index is 0.0727. The second-order valence-electron chi connectivity index (χ2n) is 27.9. The fourth-order valence-corrected chi connectivity index (χ4v) is 13.1. The Hall–Kier alpha value is -14.1. The molecule has 30 heteroatoms. The van der Waals surface area contributed by atoms with Gasteiger partial charge in [0.25, 0.3) is 17.7 Å². The van der Waals surface area contributed by atoms with Gasteiger partial charge in [-0.3, -0.25) is 28.4 Å². The highest BCUT2D eigenvalue weighted by Gasteiger charge is 2.29. The molecular formula is C80H71F3N24O3. The van der Waals surface area contributed by atoms with Crippen molar-refractivity contribution in [3.63, 3.8) is 0 Å². The molecule has 3 amide bonds. The normalized spacial score (nSPS) is 14.3. The van der Waals surface area contributed by atoms with Crippen molar-refractivity contribution >= 4 is 51.7 Å². The third kappa shape index (κ3) is 16.5. The second kappa shape index (κ2) is 30.8. The Morgan fingerprint density at radius 3 is 0.973 bits per heavy atom. The number of halogens is 3. The molecule has 550 valence electrons. The van der Waals surface area contributed by atoms with Crippen molar-refractivity contribution in [1.82, 2.24) is 87.8 Å². The fraction of sp³-hybridized carbons (Fsp3) is 0.287. The van der Waals surface area contributed by atoms with Crippen LogP contribution in [0.3, 0.4) is 0 Å². The molecule has 1 saturated carbocycles. The van der Waals surface area contributed by atoms with Gasteiger partial charge in [0.15, 0.2) is 0 Å². The van der Waals surface area contributed by atoms with E-state index >= 15 is 0 Å². The summed E-state index contributed by atoms with van der Waals surface area (Å²) in [7, 11) is 5.59. The Balaban J connectivity index is 0.000000138. The van der Waals surface area contributed by atoms with Crippen LogP contribution in [0, 0.1) is 80.8 Å². The Labute approximate surface area is 630 Å². The average Bonchev–Trinajstić information content (AvgIpc) is 1.61. The average molecular weight is 1470 g/mol. The number of aryl methyl sites for hydroxylation is 3. The zero-order chi connectivity index (χ0) is 77.0. The molecule has 0 unspecified atom stereocenters. The largest absolute Gasteiger partial charge is 0.458 e. The summed E-state index contributed by atoms with van der Waals surface area (Å²) in [5, 5.41) is 54.9. The molecule has 110 heavy (non-hydrogen) atoms.